The Hall–Kier alpha value is -3.57. The number of nitrogens with zero attached hydrogens (tertiary/aromatic N) is 4. The summed E-state index contributed by atoms with van der Waals surface area (Å²) < 4.78 is 20.4. The molecule has 1 amide bonds. The summed E-state index contributed by atoms with van der Waals surface area (Å²) in [6, 6.07) is 5.24. The van der Waals surface area contributed by atoms with E-state index in [0.29, 0.717) is 31.1 Å². The summed E-state index contributed by atoms with van der Waals surface area (Å²) in [5.41, 5.74) is 1.49. The van der Waals surface area contributed by atoms with Gasteiger partial charge in [-0.1, -0.05) is 18.2 Å². The summed E-state index contributed by atoms with van der Waals surface area (Å²) in [5.74, 6) is 0.264. The van der Waals surface area contributed by atoms with Crippen LogP contribution in [0, 0.1) is 30.5 Å². The van der Waals surface area contributed by atoms with Crippen LogP contribution < -0.4 is 15.4 Å². The van der Waals surface area contributed by atoms with E-state index in [-0.39, 0.29) is 54.7 Å². The van der Waals surface area contributed by atoms with Gasteiger partial charge in [-0.05, 0) is 36.8 Å². The average molecular weight is 525 g/mol. The van der Waals surface area contributed by atoms with Crippen molar-refractivity contribution in [2.24, 2.45) is 17.8 Å². The number of aryl methyl sites for hydroxylation is 1. The van der Waals surface area contributed by atoms with Crippen LogP contribution in [-0.4, -0.2) is 89.0 Å². The topological polar surface area (TPSA) is 120 Å². The maximum atomic E-state index is 14.6. The van der Waals surface area contributed by atoms with E-state index in [1.807, 2.05) is 19.1 Å². The average Bonchev–Trinajstić information content (AvgIpc) is 3.53. The second-order valence-corrected chi connectivity index (χ2v) is 10.1. The molecule has 1 aliphatic heterocycles. The second-order valence-electron chi connectivity index (χ2n) is 10.1. The molecule has 2 aliphatic carbocycles. The van der Waals surface area contributed by atoms with Gasteiger partial charge in [-0.25, -0.2) is 9.37 Å². The number of hydrogen-bond donors (Lipinski definition) is 3. The van der Waals surface area contributed by atoms with Gasteiger partial charge in [0, 0.05) is 56.4 Å². The molecule has 3 aliphatic rings. The smallest absolute Gasteiger partial charge is 0.260 e. The van der Waals surface area contributed by atoms with Crippen molar-refractivity contribution in [2.45, 2.75) is 19.4 Å². The van der Waals surface area contributed by atoms with Gasteiger partial charge in [-0.3, -0.25) is 9.69 Å². The van der Waals surface area contributed by atoms with E-state index in [4.69, 9.17) is 9.84 Å². The predicted octanol–water partition coefficient (Wildman–Crippen LogP) is 1.98. The minimum absolute atomic E-state index is 0.0496. The first kappa shape index (κ1) is 26.1. The van der Waals surface area contributed by atoms with Crippen molar-refractivity contribution in [3.8, 4) is 5.75 Å². The van der Waals surface area contributed by atoms with E-state index >= 15 is 0 Å². The Morgan fingerprint density at radius 1 is 1.24 bits per heavy atom. The molecule has 0 spiro atoms. The summed E-state index contributed by atoms with van der Waals surface area (Å²) in [7, 11) is 0. The van der Waals surface area contributed by atoms with Crippen molar-refractivity contribution >= 4 is 29.6 Å². The molecule has 2 aromatic rings. The fourth-order valence-electron chi connectivity index (χ4n) is 5.49. The molecule has 2 bridgehead atoms. The number of amides is 1. The Morgan fingerprint density at radius 3 is 2.79 bits per heavy atom. The number of fused-ring (bicyclic) bond motifs is 2. The molecular weight excluding hydrogens is 491 g/mol. The molecule has 2 fully saturated rings. The number of nitrogens with one attached hydrogen (secondary N) is 2. The molecule has 1 aromatic heterocycles. The molecular formula is C27H33FN6O4. The quantitative estimate of drug-likeness (QED) is 0.317. The summed E-state index contributed by atoms with van der Waals surface area (Å²) in [6.07, 6.45) is 7.07. The Labute approximate surface area is 220 Å². The van der Waals surface area contributed by atoms with Crippen molar-refractivity contribution in [3.63, 3.8) is 0 Å². The van der Waals surface area contributed by atoms with Crippen LogP contribution >= 0.6 is 0 Å². The zero-order valence-electron chi connectivity index (χ0n) is 21.3. The highest BCUT2D eigenvalue weighted by atomic mass is 19.1. The monoisotopic (exact) mass is 524 g/mol. The number of β-amino-alcohol motifs (C(OH)–C–C–N with tert-alkyl or cyclic N) is 1. The first-order chi connectivity index (χ1) is 18.4. The fraction of sp³-hybridized carbons (Fsp3) is 0.481. The maximum Gasteiger partial charge on any atom is 0.260 e. The number of benzene rings is 1. The molecule has 1 aromatic carbocycles. The van der Waals surface area contributed by atoms with E-state index in [9.17, 15) is 14.0 Å². The standard InChI is InChI=1S/C27H33FN6O4/c1-17-2-5-20(13-23(17)38-16-24(37)34-8-6-33(7-9-34)10-11-35)30-27-29-14-22(28)26(32-27)31-25-19-4-3-18(12-19)21(25)15-36/h2-5,13-15,18-19,21,25,35H,6-12,16H2,1H3,(H2,29,30,31,32). The molecule has 1 saturated carbocycles. The summed E-state index contributed by atoms with van der Waals surface area (Å²) >= 11 is 0. The van der Waals surface area contributed by atoms with E-state index in [0.717, 1.165) is 37.6 Å². The largest absolute Gasteiger partial charge is 0.483 e. The van der Waals surface area contributed by atoms with Crippen LogP contribution in [0.3, 0.4) is 0 Å². The highest BCUT2D eigenvalue weighted by molar-refractivity contribution is 5.78. The molecule has 10 nitrogen and oxygen atoms in total. The predicted molar refractivity (Wildman–Crippen MR) is 140 cm³/mol. The normalized spacial score (nSPS) is 24.4. The van der Waals surface area contributed by atoms with Gasteiger partial charge in [0.15, 0.2) is 18.2 Å². The lowest BCUT2D eigenvalue weighted by Gasteiger charge is -2.34. The first-order valence-electron chi connectivity index (χ1n) is 13.0. The van der Waals surface area contributed by atoms with Crippen LogP contribution in [0.5, 0.6) is 5.75 Å². The number of aliphatic hydroxyl groups excluding tert-OH is 1. The molecule has 5 rings (SSSR count). The Balaban J connectivity index is 1.20. The van der Waals surface area contributed by atoms with Crippen molar-refractivity contribution in [1.82, 2.24) is 19.8 Å². The number of allylic oxidation sites excluding steroid dienone is 1. The van der Waals surface area contributed by atoms with Crippen molar-refractivity contribution in [3.05, 3.63) is 47.9 Å². The van der Waals surface area contributed by atoms with Gasteiger partial charge in [0.05, 0.1) is 12.8 Å². The summed E-state index contributed by atoms with van der Waals surface area (Å²) in [5, 5.41) is 15.3. The molecule has 38 heavy (non-hydrogen) atoms. The van der Waals surface area contributed by atoms with Gasteiger partial charge >= 0.3 is 0 Å². The molecule has 0 radical (unpaired) electrons. The van der Waals surface area contributed by atoms with E-state index in [1.165, 1.54) is 0 Å². The van der Waals surface area contributed by atoms with Gasteiger partial charge in [-0.2, -0.15) is 4.98 Å². The highest BCUT2D eigenvalue weighted by Gasteiger charge is 2.44. The molecule has 1 saturated heterocycles. The van der Waals surface area contributed by atoms with Gasteiger partial charge in [0.1, 0.15) is 12.0 Å². The number of anilines is 3. The number of aromatic nitrogens is 2. The van der Waals surface area contributed by atoms with Crippen LogP contribution in [0.1, 0.15) is 12.0 Å². The SMILES string of the molecule is Cc1ccc(Nc2ncc(F)c(NC3C4C=CC(C4)C3C=O)n2)cc1OCC(=O)N1CCN(CCO)CC1. The Morgan fingerprint density at radius 2 is 2.03 bits per heavy atom. The third kappa shape index (κ3) is 5.63. The minimum atomic E-state index is -0.587. The Bertz CT molecular complexity index is 1200. The number of piperazine rings is 1. The third-order valence-corrected chi connectivity index (χ3v) is 7.66. The van der Waals surface area contributed by atoms with Gasteiger partial charge in [-0.15, -0.1) is 0 Å². The van der Waals surface area contributed by atoms with Gasteiger partial charge in [0.2, 0.25) is 5.95 Å². The number of rotatable bonds is 10. The van der Waals surface area contributed by atoms with Crippen molar-refractivity contribution in [1.29, 1.82) is 0 Å². The van der Waals surface area contributed by atoms with Crippen molar-refractivity contribution < 1.29 is 23.8 Å². The number of carbonyl (C=O) groups excluding carboxylic acids is 2. The molecule has 2 heterocycles. The minimum Gasteiger partial charge on any atom is -0.483 e. The summed E-state index contributed by atoms with van der Waals surface area (Å²) in [6.45, 7) is 5.20. The number of aldehydes is 1. The van der Waals surface area contributed by atoms with E-state index < -0.39 is 5.82 Å². The number of aliphatic hydroxyl groups is 1. The first-order valence-corrected chi connectivity index (χ1v) is 13.0. The van der Waals surface area contributed by atoms with Crippen LogP contribution in [0.2, 0.25) is 0 Å². The number of hydrogen-bond acceptors (Lipinski definition) is 9. The van der Waals surface area contributed by atoms with Crippen LogP contribution in [0.25, 0.3) is 0 Å². The van der Waals surface area contributed by atoms with Crippen molar-refractivity contribution in [2.75, 3.05) is 56.6 Å². The summed E-state index contributed by atoms with van der Waals surface area (Å²) in [4.78, 5) is 36.5. The number of ether oxygens (including phenoxy) is 1. The van der Waals surface area contributed by atoms with E-state index in [2.05, 4.69) is 37.7 Å². The number of halogens is 1. The molecule has 4 atom stereocenters. The molecule has 11 heteroatoms. The van der Waals surface area contributed by atoms with Gasteiger partial charge in [0.25, 0.3) is 5.91 Å². The van der Waals surface area contributed by atoms with Crippen LogP contribution in [0.15, 0.2) is 36.5 Å². The zero-order chi connectivity index (χ0) is 26.6. The zero-order valence-corrected chi connectivity index (χ0v) is 21.3. The third-order valence-electron chi connectivity index (χ3n) is 7.66. The molecule has 4 unspecified atom stereocenters. The lowest BCUT2D eigenvalue weighted by atomic mass is 9.90. The van der Waals surface area contributed by atoms with E-state index in [1.54, 1.807) is 11.0 Å². The fourth-order valence-corrected chi connectivity index (χ4v) is 5.49. The van der Waals surface area contributed by atoms with Gasteiger partial charge < -0.3 is 30.2 Å². The van der Waals surface area contributed by atoms with Crippen LogP contribution in [0.4, 0.5) is 21.8 Å². The Kier molecular flexibility index (Phi) is 7.85. The molecule has 202 valence electrons. The van der Waals surface area contributed by atoms with Crippen LogP contribution in [-0.2, 0) is 9.59 Å². The number of carbonyl (C=O) groups is 2. The maximum absolute atomic E-state index is 14.6. The molecule has 3 N–H and O–H groups in total. The second kappa shape index (κ2) is 11.4. The lowest BCUT2D eigenvalue weighted by molar-refractivity contribution is -0.135. The highest BCUT2D eigenvalue weighted by Crippen LogP contribution is 2.44. The lowest BCUT2D eigenvalue weighted by Crippen LogP contribution is -2.50.